The fourth-order valence-electron chi connectivity index (χ4n) is 2.01. The van der Waals surface area contributed by atoms with Crippen molar-refractivity contribution < 1.29 is 14.3 Å². The molecule has 0 saturated carbocycles. The van der Waals surface area contributed by atoms with Gasteiger partial charge in [-0.3, -0.25) is 4.79 Å². The molecule has 1 aliphatic rings. The SMILES string of the molecule is NCCc1nc(C(=O)Nc2cccc3c2OCCO3)cs1. The molecule has 1 aromatic carbocycles. The number of nitrogens with two attached hydrogens (primary N) is 1. The number of aromatic nitrogens is 1. The van der Waals surface area contributed by atoms with Crippen LogP contribution in [0.15, 0.2) is 23.6 Å². The first-order chi connectivity index (χ1) is 10.3. The molecule has 0 saturated heterocycles. The number of nitrogens with one attached hydrogen (secondary N) is 1. The Morgan fingerprint density at radius 3 is 3.10 bits per heavy atom. The minimum absolute atomic E-state index is 0.267. The molecule has 1 amide bonds. The van der Waals surface area contributed by atoms with E-state index in [9.17, 15) is 4.79 Å². The molecule has 0 bridgehead atoms. The first-order valence-corrected chi connectivity index (χ1v) is 7.50. The second kappa shape index (κ2) is 6.11. The molecule has 21 heavy (non-hydrogen) atoms. The van der Waals surface area contributed by atoms with Gasteiger partial charge in [0, 0.05) is 11.8 Å². The number of para-hydroxylation sites is 1. The molecule has 1 aromatic heterocycles. The lowest BCUT2D eigenvalue weighted by atomic mass is 10.2. The van der Waals surface area contributed by atoms with Gasteiger partial charge < -0.3 is 20.5 Å². The number of carbonyl (C=O) groups is 1. The number of carbonyl (C=O) groups excluding carboxylic acids is 1. The smallest absolute Gasteiger partial charge is 0.275 e. The van der Waals surface area contributed by atoms with E-state index in [1.54, 1.807) is 11.4 Å². The Hall–Kier alpha value is -2.12. The van der Waals surface area contributed by atoms with Crippen LogP contribution in [0.4, 0.5) is 5.69 Å². The van der Waals surface area contributed by atoms with Crippen LogP contribution in [0.25, 0.3) is 0 Å². The zero-order chi connectivity index (χ0) is 14.7. The van der Waals surface area contributed by atoms with E-state index in [1.807, 2.05) is 12.1 Å². The van der Waals surface area contributed by atoms with Crippen LogP contribution in [0.3, 0.4) is 0 Å². The Kier molecular flexibility index (Phi) is 4.03. The lowest BCUT2D eigenvalue weighted by Crippen LogP contribution is -2.19. The van der Waals surface area contributed by atoms with E-state index < -0.39 is 0 Å². The van der Waals surface area contributed by atoms with Crippen molar-refractivity contribution in [3.8, 4) is 11.5 Å². The predicted molar refractivity (Wildman–Crippen MR) is 80.3 cm³/mol. The highest BCUT2D eigenvalue weighted by Gasteiger charge is 2.18. The van der Waals surface area contributed by atoms with Crippen molar-refractivity contribution in [2.45, 2.75) is 6.42 Å². The van der Waals surface area contributed by atoms with Gasteiger partial charge in [0.25, 0.3) is 5.91 Å². The molecule has 1 aliphatic heterocycles. The van der Waals surface area contributed by atoms with Crippen LogP contribution >= 0.6 is 11.3 Å². The normalized spacial score (nSPS) is 13.0. The maximum Gasteiger partial charge on any atom is 0.275 e. The summed E-state index contributed by atoms with van der Waals surface area (Å²) in [7, 11) is 0. The third kappa shape index (κ3) is 2.98. The summed E-state index contributed by atoms with van der Waals surface area (Å²) in [5.74, 6) is 0.938. The largest absolute Gasteiger partial charge is 0.486 e. The minimum atomic E-state index is -0.267. The van der Waals surface area contributed by atoms with Gasteiger partial charge in [0.05, 0.1) is 10.7 Å². The second-order valence-electron chi connectivity index (χ2n) is 4.45. The number of hydrogen-bond acceptors (Lipinski definition) is 6. The minimum Gasteiger partial charge on any atom is -0.486 e. The Bertz CT molecular complexity index is 657. The number of ether oxygens (including phenoxy) is 2. The monoisotopic (exact) mass is 305 g/mol. The lowest BCUT2D eigenvalue weighted by Gasteiger charge is -2.20. The Balaban J connectivity index is 1.78. The maximum atomic E-state index is 12.2. The zero-order valence-electron chi connectivity index (χ0n) is 11.3. The third-order valence-corrected chi connectivity index (χ3v) is 3.87. The van der Waals surface area contributed by atoms with Gasteiger partial charge in [-0.25, -0.2) is 4.98 Å². The first kappa shape index (κ1) is 13.8. The molecule has 0 aliphatic carbocycles. The average molecular weight is 305 g/mol. The van der Waals surface area contributed by atoms with Gasteiger partial charge in [-0.05, 0) is 18.7 Å². The summed E-state index contributed by atoms with van der Waals surface area (Å²) < 4.78 is 11.0. The number of thiazole rings is 1. The molecule has 0 radical (unpaired) electrons. The number of hydrogen-bond donors (Lipinski definition) is 2. The number of nitrogens with zero attached hydrogens (tertiary/aromatic N) is 1. The van der Waals surface area contributed by atoms with Gasteiger partial charge in [0.1, 0.15) is 18.9 Å². The topological polar surface area (TPSA) is 86.5 Å². The van der Waals surface area contributed by atoms with Crippen molar-refractivity contribution in [2.75, 3.05) is 25.1 Å². The van der Waals surface area contributed by atoms with Gasteiger partial charge in [0.15, 0.2) is 11.5 Å². The van der Waals surface area contributed by atoms with Gasteiger partial charge >= 0.3 is 0 Å². The predicted octanol–water partition coefficient (Wildman–Crippen LogP) is 1.67. The quantitative estimate of drug-likeness (QED) is 0.897. The molecule has 2 aromatic rings. The van der Waals surface area contributed by atoms with Crippen LogP contribution in [0, 0.1) is 0 Å². The molecular weight excluding hydrogens is 290 g/mol. The van der Waals surface area contributed by atoms with Crippen molar-refractivity contribution in [2.24, 2.45) is 5.73 Å². The molecule has 0 spiro atoms. The van der Waals surface area contributed by atoms with Crippen LogP contribution in [-0.4, -0.2) is 30.6 Å². The van der Waals surface area contributed by atoms with Gasteiger partial charge in [-0.2, -0.15) is 0 Å². The van der Waals surface area contributed by atoms with Crippen molar-refractivity contribution >= 4 is 22.9 Å². The number of benzene rings is 1. The molecule has 0 unspecified atom stereocenters. The summed E-state index contributed by atoms with van der Waals surface area (Å²) in [5.41, 5.74) is 6.46. The number of amides is 1. The molecule has 3 rings (SSSR count). The molecule has 2 heterocycles. The van der Waals surface area contributed by atoms with Crippen LogP contribution in [0.5, 0.6) is 11.5 Å². The van der Waals surface area contributed by atoms with Crippen LogP contribution in [-0.2, 0) is 6.42 Å². The Labute approximate surface area is 125 Å². The number of anilines is 1. The van der Waals surface area contributed by atoms with E-state index in [0.29, 0.717) is 49.1 Å². The van der Waals surface area contributed by atoms with Crippen LogP contribution in [0.1, 0.15) is 15.5 Å². The summed E-state index contributed by atoms with van der Waals surface area (Å²) in [6.07, 6.45) is 0.676. The average Bonchev–Trinajstić information content (AvgIpc) is 2.97. The highest BCUT2D eigenvalue weighted by Crippen LogP contribution is 2.37. The Morgan fingerprint density at radius 1 is 1.38 bits per heavy atom. The van der Waals surface area contributed by atoms with E-state index >= 15 is 0 Å². The fraction of sp³-hybridized carbons (Fsp3) is 0.286. The van der Waals surface area contributed by atoms with E-state index in [4.69, 9.17) is 15.2 Å². The fourth-order valence-corrected chi connectivity index (χ4v) is 2.81. The molecule has 0 fully saturated rings. The number of rotatable bonds is 4. The highest BCUT2D eigenvalue weighted by molar-refractivity contribution is 7.09. The van der Waals surface area contributed by atoms with Crippen LogP contribution in [0.2, 0.25) is 0 Å². The van der Waals surface area contributed by atoms with Crippen LogP contribution < -0.4 is 20.5 Å². The first-order valence-electron chi connectivity index (χ1n) is 6.62. The van der Waals surface area contributed by atoms with Gasteiger partial charge in [-0.15, -0.1) is 11.3 Å². The van der Waals surface area contributed by atoms with Crippen molar-refractivity contribution in [3.63, 3.8) is 0 Å². The molecule has 3 N–H and O–H groups in total. The van der Waals surface area contributed by atoms with Crippen molar-refractivity contribution in [3.05, 3.63) is 34.3 Å². The summed E-state index contributed by atoms with van der Waals surface area (Å²) >= 11 is 1.43. The third-order valence-electron chi connectivity index (χ3n) is 2.96. The van der Waals surface area contributed by atoms with Crippen molar-refractivity contribution in [1.82, 2.24) is 4.98 Å². The second-order valence-corrected chi connectivity index (χ2v) is 5.39. The maximum absolute atomic E-state index is 12.2. The van der Waals surface area contributed by atoms with Gasteiger partial charge in [0.2, 0.25) is 0 Å². The molecule has 6 nitrogen and oxygen atoms in total. The summed E-state index contributed by atoms with van der Waals surface area (Å²) in [5, 5.41) is 5.40. The van der Waals surface area contributed by atoms with E-state index in [1.165, 1.54) is 11.3 Å². The van der Waals surface area contributed by atoms with Gasteiger partial charge in [-0.1, -0.05) is 6.07 Å². The molecule has 0 atom stereocenters. The zero-order valence-corrected chi connectivity index (χ0v) is 12.1. The van der Waals surface area contributed by atoms with Crippen molar-refractivity contribution in [1.29, 1.82) is 0 Å². The van der Waals surface area contributed by atoms with E-state index in [-0.39, 0.29) is 5.91 Å². The van der Waals surface area contributed by atoms with E-state index in [0.717, 1.165) is 5.01 Å². The Morgan fingerprint density at radius 2 is 2.24 bits per heavy atom. The lowest BCUT2D eigenvalue weighted by molar-refractivity contribution is 0.102. The standard InChI is InChI=1S/C14H15N3O3S/c15-5-4-12-16-10(8-21-12)14(18)17-9-2-1-3-11-13(9)20-7-6-19-11/h1-3,8H,4-7,15H2,(H,17,18). The molecule has 7 heteroatoms. The highest BCUT2D eigenvalue weighted by atomic mass is 32.1. The van der Waals surface area contributed by atoms with E-state index in [2.05, 4.69) is 10.3 Å². The number of fused-ring (bicyclic) bond motifs is 1. The summed E-state index contributed by atoms with van der Waals surface area (Å²) in [6, 6.07) is 5.40. The molecular formula is C14H15N3O3S. The summed E-state index contributed by atoms with van der Waals surface area (Å²) in [4.78, 5) is 16.5. The molecule has 110 valence electrons. The summed E-state index contributed by atoms with van der Waals surface area (Å²) in [6.45, 7) is 1.50.